The van der Waals surface area contributed by atoms with Crippen LogP contribution in [0.5, 0.6) is 0 Å². The third kappa shape index (κ3) is 76.6. The number of unbranched alkanes of at least 4 members (excludes halogenated alkanes) is 52. The Balaban J connectivity index is 5.21. The summed E-state index contributed by atoms with van der Waals surface area (Å²) in [6.45, 7) is 9.67. The Hall–Kier alpha value is -1.94. The molecule has 0 bridgehead atoms. The molecule has 0 saturated carbocycles. The first-order chi connectivity index (χ1) is 49.9. The Morgan fingerprint density at radius 1 is 0.282 bits per heavy atom. The van der Waals surface area contributed by atoms with Gasteiger partial charge in [-0.3, -0.25) is 37.3 Å². The molecule has 0 aromatic heterocycles. The number of hydrogen-bond donors (Lipinski definition) is 3. The van der Waals surface area contributed by atoms with Gasteiger partial charge in [0.25, 0.3) is 0 Å². The maximum Gasteiger partial charge on any atom is 0.472 e. The van der Waals surface area contributed by atoms with Gasteiger partial charge in [-0.1, -0.05) is 395 Å². The maximum absolute atomic E-state index is 13.1. The third-order valence-corrected chi connectivity index (χ3v) is 22.0. The highest BCUT2D eigenvalue weighted by Crippen LogP contribution is 2.45. The largest absolute Gasteiger partial charge is 0.472 e. The van der Waals surface area contributed by atoms with Crippen LogP contribution in [0, 0.1) is 11.8 Å². The lowest BCUT2D eigenvalue weighted by atomic mass is 9.99. The minimum atomic E-state index is -4.96. The fourth-order valence-corrected chi connectivity index (χ4v) is 14.6. The van der Waals surface area contributed by atoms with Crippen LogP contribution in [0.3, 0.4) is 0 Å². The summed E-state index contributed by atoms with van der Waals surface area (Å²) in [5.74, 6) is -0.531. The van der Waals surface area contributed by atoms with Crippen LogP contribution in [0.4, 0.5) is 0 Å². The predicted octanol–water partition coefficient (Wildman–Crippen LogP) is 25.5. The first-order valence-corrected chi connectivity index (χ1v) is 46.5. The van der Waals surface area contributed by atoms with Crippen LogP contribution >= 0.6 is 15.6 Å². The van der Waals surface area contributed by atoms with Gasteiger partial charge in [0.2, 0.25) is 0 Å². The van der Waals surface area contributed by atoms with Crippen molar-refractivity contribution in [1.82, 2.24) is 0 Å². The number of aliphatic hydroxyl groups excluding tert-OH is 1. The van der Waals surface area contributed by atoms with Crippen molar-refractivity contribution in [1.29, 1.82) is 0 Å². The van der Waals surface area contributed by atoms with Crippen LogP contribution in [0.2, 0.25) is 0 Å². The zero-order valence-corrected chi connectivity index (χ0v) is 69.4. The van der Waals surface area contributed by atoms with E-state index in [9.17, 15) is 43.2 Å². The molecular formula is C84H164O17P2. The first kappa shape index (κ1) is 101. The van der Waals surface area contributed by atoms with Crippen molar-refractivity contribution in [2.45, 2.75) is 464 Å². The standard InChI is InChI=1S/C84H164O17P2/c1-7-10-12-14-16-18-20-21-22-23-24-25-26-27-28-31-35-39-43-50-56-62-68-83(88)100-79(72-95-82(87)67-61-55-49-42-38-34-32-29-30-33-37-40-46-52-58-64-76(4)5)74-98-102(90,91)96-70-78(85)71-97-103(92,93)99-75-80(73-94-81(86)66-60-54-48-41-36-19-17-15-13-11-8-2)101-84(89)69-63-57-51-45-44-47-53-59-65-77(6)9-3/h76-80,85H,7-75H2,1-6H3,(H,90,91)(H,92,93)/t77?,78-,79-,80-/m1/s1. The van der Waals surface area contributed by atoms with Gasteiger partial charge < -0.3 is 33.8 Å². The molecule has 0 fully saturated rings. The normalized spacial score (nSPS) is 14.1. The monoisotopic (exact) mass is 1510 g/mol. The maximum atomic E-state index is 13.1. The number of carbonyl (C=O) groups excluding carboxylic acids is 4. The summed E-state index contributed by atoms with van der Waals surface area (Å²) in [5, 5.41) is 10.7. The van der Waals surface area contributed by atoms with E-state index in [0.29, 0.717) is 25.7 Å². The number of ether oxygens (including phenoxy) is 4. The second-order valence-electron chi connectivity index (χ2n) is 30.9. The molecule has 0 aliphatic heterocycles. The van der Waals surface area contributed by atoms with Crippen LogP contribution in [0.1, 0.15) is 446 Å². The number of carbonyl (C=O) groups is 4. The average molecular weight is 1510 g/mol. The average Bonchev–Trinajstić information content (AvgIpc) is 0.940. The van der Waals surface area contributed by atoms with Crippen molar-refractivity contribution < 1.29 is 80.2 Å². The van der Waals surface area contributed by atoms with Crippen molar-refractivity contribution in [2.24, 2.45) is 11.8 Å². The lowest BCUT2D eigenvalue weighted by Crippen LogP contribution is -2.30. The lowest BCUT2D eigenvalue weighted by Gasteiger charge is -2.21. The zero-order valence-electron chi connectivity index (χ0n) is 67.6. The molecule has 0 radical (unpaired) electrons. The van der Waals surface area contributed by atoms with E-state index < -0.39 is 97.5 Å². The summed E-state index contributed by atoms with van der Waals surface area (Å²) >= 11 is 0. The highest BCUT2D eigenvalue weighted by atomic mass is 31.2. The Kier molecular flexibility index (Phi) is 74.1. The van der Waals surface area contributed by atoms with E-state index in [4.69, 9.17) is 37.0 Å². The van der Waals surface area contributed by atoms with E-state index in [1.165, 1.54) is 263 Å². The van der Waals surface area contributed by atoms with Gasteiger partial charge in [0.1, 0.15) is 19.3 Å². The van der Waals surface area contributed by atoms with Crippen LogP contribution in [0.15, 0.2) is 0 Å². The van der Waals surface area contributed by atoms with Gasteiger partial charge in [0.05, 0.1) is 26.4 Å². The summed E-state index contributed by atoms with van der Waals surface area (Å²) in [6.07, 6.45) is 66.7. The van der Waals surface area contributed by atoms with Crippen LogP contribution in [0.25, 0.3) is 0 Å². The molecule has 0 aliphatic carbocycles. The zero-order chi connectivity index (χ0) is 75.6. The number of phosphoric ester groups is 2. The van der Waals surface area contributed by atoms with Gasteiger partial charge in [-0.2, -0.15) is 0 Å². The molecule has 6 atom stereocenters. The topological polar surface area (TPSA) is 237 Å². The third-order valence-electron chi connectivity index (χ3n) is 20.1. The molecule has 0 aromatic carbocycles. The van der Waals surface area contributed by atoms with Gasteiger partial charge >= 0.3 is 39.5 Å². The summed E-state index contributed by atoms with van der Waals surface area (Å²) in [6, 6.07) is 0. The van der Waals surface area contributed by atoms with Crippen molar-refractivity contribution in [2.75, 3.05) is 39.6 Å². The molecule has 103 heavy (non-hydrogen) atoms. The van der Waals surface area contributed by atoms with E-state index in [1.807, 2.05) is 0 Å². The Morgan fingerprint density at radius 3 is 0.738 bits per heavy atom. The quantitative estimate of drug-likeness (QED) is 0.0222. The highest BCUT2D eigenvalue weighted by Gasteiger charge is 2.30. The molecule has 0 rings (SSSR count). The molecule has 612 valence electrons. The van der Waals surface area contributed by atoms with E-state index in [0.717, 1.165) is 102 Å². The van der Waals surface area contributed by atoms with Crippen LogP contribution in [-0.2, 0) is 65.4 Å². The predicted molar refractivity (Wildman–Crippen MR) is 423 cm³/mol. The minimum absolute atomic E-state index is 0.106. The summed E-state index contributed by atoms with van der Waals surface area (Å²) in [7, 11) is -9.92. The second kappa shape index (κ2) is 75.5. The Morgan fingerprint density at radius 2 is 0.495 bits per heavy atom. The van der Waals surface area contributed by atoms with Gasteiger partial charge in [-0.15, -0.1) is 0 Å². The van der Waals surface area contributed by atoms with Crippen LogP contribution < -0.4 is 0 Å². The van der Waals surface area contributed by atoms with Crippen molar-refractivity contribution in [3.05, 3.63) is 0 Å². The number of hydrogen-bond acceptors (Lipinski definition) is 15. The number of aliphatic hydroxyl groups is 1. The molecule has 0 spiro atoms. The number of esters is 4. The smallest absolute Gasteiger partial charge is 0.462 e. The van der Waals surface area contributed by atoms with E-state index >= 15 is 0 Å². The summed E-state index contributed by atoms with van der Waals surface area (Å²) in [5.41, 5.74) is 0. The van der Waals surface area contributed by atoms with Gasteiger partial charge in [-0.25, -0.2) is 9.13 Å². The summed E-state index contributed by atoms with van der Waals surface area (Å²) in [4.78, 5) is 73.1. The van der Waals surface area contributed by atoms with Crippen molar-refractivity contribution in [3.8, 4) is 0 Å². The van der Waals surface area contributed by atoms with Gasteiger partial charge in [0, 0.05) is 25.7 Å². The Labute approximate surface area is 632 Å². The van der Waals surface area contributed by atoms with Crippen LogP contribution in [-0.4, -0.2) is 96.7 Å². The van der Waals surface area contributed by atoms with Gasteiger partial charge in [0.15, 0.2) is 12.2 Å². The SMILES string of the molecule is CCCCCCCCCCCCCCCCCCCCCCCCC(=O)O[C@H](COC(=O)CCCCCCCCCCCCCCCCCC(C)C)COP(=O)(O)OC[C@@H](O)COP(=O)(O)OC[C@@H](COC(=O)CCCCCCCCCCCCC)OC(=O)CCCCCCCCCCC(C)CC. The molecular weight excluding hydrogens is 1340 g/mol. The van der Waals surface area contributed by atoms with E-state index in [1.54, 1.807) is 0 Å². The second-order valence-corrected chi connectivity index (χ2v) is 33.8. The van der Waals surface area contributed by atoms with Crippen molar-refractivity contribution in [3.63, 3.8) is 0 Å². The Bertz CT molecular complexity index is 1980. The molecule has 0 heterocycles. The molecule has 0 amide bonds. The molecule has 17 nitrogen and oxygen atoms in total. The fraction of sp³-hybridized carbons (Fsp3) is 0.952. The molecule has 19 heteroatoms. The summed E-state index contributed by atoms with van der Waals surface area (Å²) < 4.78 is 68.8. The molecule has 3 N–H and O–H groups in total. The van der Waals surface area contributed by atoms with E-state index in [-0.39, 0.29) is 25.7 Å². The number of rotatable bonds is 83. The van der Waals surface area contributed by atoms with Crippen molar-refractivity contribution >= 4 is 39.5 Å². The fourth-order valence-electron chi connectivity index (χ4n) is 13.0. The molecule has 3 unspecified atom stereocenters. The molecule has 0 aromatic rings. The molecule has 0 saturated heterocycles. The minimum Gasteiger partial charge on any atom is -0.462 e. The lowest BCUT2D eigenvalue weighted by molar-refractivity contribution is -0.161. The number of phosphoric acid groups is 2. The highest BCUT2D eigenvalue weighted by molar-refractivity contribution is 7.47. The first-order valence-electron chi connectivity index (χ1n) is 43.5. The van der Waals surface area contributed by atoms with E-state index in [2.05, 4.69) is 41.5 Å². The van der Waals surface area contributed by atoms with Gasteiger partial charge in [-0.05, 0) is 37.5 Å². The molecule has 0 aliphatic rings.